The van der Waals surface area contributed by atoms with Gasteiger partial charge < -0.3 is 5.73 Å². The highest BCUT2D eigenvalue weighted by atomic mass is 79.9. The third kappa shape index (κ3) is 2.34. The van der Waals surface area contributed by atoms with Gasteiger partial charge in [-0.1, -0.05) is 13.0 Å². The van der Waals surface area contributed by atoms with E-state index in [1.807, 2.05) is 13.0 Å². The molecule has 0 heterocycles. The average molecular weight is 260 g/mol. The number of aryl methyl sites for hydroxylation is 1. The molecule has 0 saturated heterocycles. The van der Waals surface area contributed by atoms with Crippen LogP contribution in [-0.2, 0) is 12.0 Å². The van der Waals surface area contributed by atoms with Crippen LogP contribution in [0.15, 0.2) is 16.6 Å². The standard InChI is InChI=1S/C11H15BrFN/c1-4-7-5-8(11(2,3)14)10(13)9(12)6-7/h5-6H,4,14H2,1-3H3. The molecule has 78 valence electrons. The second-order valence-electron chi connectivity index (χ2n) is 4.01. The number of benzene rings is 1. The maximum atomic E-state index is 13.7. The molecule has 0 atom stereocenters. The summed E-state index contributed by atoms with van der Waals surface area (Å²) in [5.74, 6) is -0.255. The van der Waals surface area contributed by atoms with E-state index in [0.717, 1.165) is 12.0 Å². The van der Waals surface area contributed by atoms with Crippen molar-refractivity contribution in [1.82, 2.24) is 0 Å². The lowest BCUT2D eigenvalue weighted by molar-refractivity contribution is 0.498. The van der Waals surface area contributed by atoms with Crippen LogP contribution in [0.2, 0.25) is 0 Å². The fourth-order valence-corrected chi connectivity index (χ4v) is 1.83. The Morgan fingerprint density at radius 3 is 2.43 bits per heavy atom. The first kappa shape index (κ1) is 11.7. The third-order valence-corrected chi connectivity index (χ3v) is 2.77. The van der Waals surface area contributed by atoms with Crippen LogP contribution in [0.1, 0.15) is 31.9 Å². The maximum absolute atomic E-state index is 13.7. The lowest BCUT2D eigenvalue weighted by Crippen LogP contribution is -2.30. The normalized spacial score (nSPS) is 11.9. The minimum absolute atomic E-state index is 0.255. The van der Waals surface area contributed by atoms with Crippen molar-refractivity contribution < 1.29 is 4.39 Å². The molecule has 0 aromatic heterocycles. The molecule has 0 aliphatic rings. The van der Waals surface area contributed by atoms with Crippen molar-refractivity contribution in [2.75, 3.05) is 0 Å². The molecule has 0 bridgehead atoms. The lowest BCUT2D eigenvalue weighted by Gasteiger charge is -2.21. The van der Waals surface area contributed by atoms with Crippen molar-refractivity contribution in [3.05, 3.63) is 33.5 Å². The van der Waals surface area contributed by atoms with E-state index >= 15 is 0 Å². The van der Waals surface area contributed by atoms with Crippen LogP contribution < -0.4 is 5.73 Å². The zero-order valence-electron chi connectivity index (χ0n) is 8.70. The SMILES string of the molecule is CCc1cc(Br)c(F)c(C(C)(C)N)c1. The molecular weight excluding hydrogens is 245 g/mol. The first-order chi connectivity index (χ1) is 6.36. The van der Waals surface area contributed by atoms with E-state index in [4.69, 9.17) is 5.73 Å². The van der Waals surface area contributed by atoms with Crippen LogP contribution in [0.3, 0.4) is 0 Å². The van der Waals surface area contributed by atoms with E-state index in [1.54, 1.807) is 19.9 Å². The summed E-state index contributed by atoms with van der Waals surface area (Å²) in [4.78, 5) is 0. The highest BCUT2D eigenvalue weighted by Gasteiger charge is 2.21. The van der Waals surface area contributed by atoms with E-state index in [0.29, 0.717) is 10.0 Å². The fourth-order valence-electron chi connectivity index (χ4n) is 1.32. The van der Waals surface area contributed by atoms with E-state index in [-0.39, 0.29) is 5.82 Å². The highest BCUT2D eigenvalue weighted by molar-refractivity contribution is 9.10. The van der Waals surface area contributed by atoms with Crippen molar-refractivity contribution in [3.8, 4) is 0 Å². The van der Waals surface area contributed by atoms with Crippen LogP contribution in [0.4, 0.5) is 4.39 Å². The van der Waals surface area contributed by atoms with Gasteiger partial charge in [-0.25, -0.2) is 4.39 Å². The predicted molar refractivity (Wildman–Crippen MR) is 60.7 cm³/mol. The van der Waals surface area contributed by atoms with Gasteiger partial charge >= 0.3 is 0 Å². The maximum Gasteiger partial charge on any atom is 0.142 e. The molecule has 2 N–H and O–H groups in total. The van der Waals surface area contributed by atoms with E-state index in [9.17, 15) is 4.39 Å². The molecule has 1 aromatic carbocycles. The van der Waals surface area contributed by atoms with Crippen molar-refractivity contribution in [2.24, 2.45) is 5.73 Å². The summed E-state index contributed by atoms with van der Waals surface area (Å²) >= 11 is 3.20. The van der Waals surface area contributed by atoms with Crippen molar-refractivity contribution in [2.45, 2.75) is 32.7 Å². The summed E-state index contributed by atoms with van der Waals surface area (Å²) < 4.78 is 14.2. The second kappa shape index (κ2) is 3.99. The Labute approximate surface area is 92.6 Å². The topological polar surface area (TPSA) is 26.0 Å². The zero-order valence-corrected chi connectivity index (χ0v) is 10.3. The molecule has 0 spiro atoms. The predicted octanol–water partition coefficient (Wildman–Crippen LogP) is 3.34. The summed E-state index contributed by atoms with van der Waals surface area (Å²) in [6.07, 6.45) is 0.877. The molecule has 1 aromatic rings. The highest BCUT2D eigenvalue weighted by Crippen LogP contribution is 2.28. The largest absolute Gasteiger partial charge is 0.322 e. The molecule has 14 heavy (non-hydrogen) atoms. The first-order valence-electron chi connectivity index (χ1n) is 4.63. The molecule has 0 radical (unpaired) electrons. The molecule has 0 aliphatic heterocycles. The third-order valence-electron chi connectivity index (χ3n) is 2.19. The van der Waals surface area contributed by atoms with Gasteiger partial charge in [0.25, 0.3) is 0 Å². The van der Waals surface area contributed by atoms with Gasteiger partial charge in [0.15, 0.2) is 0 Å². The smallest absolute Gasteiger partial charge is 0.142 e. The summed E-state index contributed by atoms with van der Waals surface area (Å²) in [7, 11) is 0. The van der Waals surface area contributed by atoms with E-state index < -0.39 is 5.54 Å². The fraction of sp³-hybridized carbons (Fsp3) is 0.455. The Balaban J connectivity index is 3.35. The number of hydrogen-bond donors (Lipinski definition) is 1. The Morgan fingerprint density at radius 1 is 1.43 bits per heavy atom. The minimum Gasteiger partial charge on any atom is -0.322 e. The zero-order chi connectivity index (χ0) is 10.9. The van der Waals surface area contributed by atoms with Gasteiger partial charge in [0.2, 0.25) is 0 Å². The molecular formula is C11H15BrFN. The average Bonchev–Trinajstić information content (AvgIpc) is 2.07. The molecule has 0 amide bonds. The van der Waals surface area contributed by atoms with Gasteiger partial charge in [-0.2, -0.15) is 0 Å². The molecule has 0 fully saturated rings. The van der Waals surface area contributed by atoms with Crippen LogP contribution in [0.25, 0.3) is 0 Å². The van der Waals surface area contributed by atoms with Gasteiger partial charge in [0, 0.05) is 11.1 Å². The number of nitrogens with two attached hydrogens (primary N) is 1. The van der Waals surface area contributed by atoms with Crippen LogP contribution in [0, 0.1) is 5.82 Å². The first-order valence-corrected chi connectivity index (χ1v) is 5.42. The van der Waals surface area contributed by atoms with Gasteiger partial charge in [0.05, 0.1) is 4.47 Å². The summed E-state index contributed by atoms with van der Waals surface area (Å²) in [6, 6.07) is 3.63. The Kier molecular flexibility index (Phi) is 3.32. The molecule has 3 heteroatoms. The number of hydrogen-bond acceptors (Lipinski definition) is 1. The number of halogens is 2. The quantitative estimate of drug-likeness (QED) is 0.867. The monoisotopic (exact) mass is 259 g/mol. The second-order valence-corrected chi connectivity index (χ2v) is 4.87. The van der Waals surface area contributed by atoms with Crippen LogP contribution >= 0.6 is 15.9 Å². The molecule has 1 rings (SSSR count). The van der Waals surface area contributed by atoms with Crippen LogP contribution in [-0.4, -0.2) is 0 Å². The van der Waals surface area contributed by atoms with Gasteiger partial charge in [-0.3, -0.25) is 0 Å². The Morgan fingerprint density at radius 2 is 2.00 bits per heavy atom. The molecule has 0 aliphatic carbocycles. The van der Waals surface area contributed by atoms with Gasteiger partial charge in [-0.05, 0) is 47.8 Å². The van der Waals surface area contributed by atoms with E-state index in [2.05, 4.69) is 15.9 Å². The molecule has 0 saturated carbocycles. The van der Waals surface area contributed by atoms with Crippen molar-refractivity contribution >= 4 is 15.9 Å². The van der Waals surface area contributed by atoms with Crippen molar-refractivity contribution in [1.29, 1.82) is 0 Å². The molecule has 1 nitrogen and oxygen atoms in total. The van der Waals surface area contributed by atoms with Crippen LogP contribution in [0.5, 0.6) is 0 Å². The Bertz CT molecular complexity index is 342. The Hall–Kier alpha value is -0.410. The summed E-state index contributed by atoms with van der Waals surface area (Å²) in [5.41, 5.74) is 6.90. The van der Waals surface area contributed by atoms with Gasteiger partial charge in [-0.15, -0.1) is 0 Å². The summed E-state index contributed by atoms with van der Waals surface area (Å²) in [6.45, 7) is 5.64. The van der Waals surface area contributed by atoms with Crippen molar-refractivity contribution in [3.63, 3.8) is 0 Å². The number of rotatable bonds is 2. The van der Waals surface area contributed by atoms with E-state index in [1.165, 1.54) is 0 Å². The lowest BCUT2D eigenvalue weighted by atomic mass is 9.93. The van der Waals surface area contributed by atoms with Gasteiger partial charge in [0.1, 0.15) is 5.82 Å². The summed E-state index contributed by atoms with van der Waals surface area (Å²) in [5, 5.41) is 0. The minimum atomic E-state index is -0.641. The molecule has 0 unspecified atom stereocenters.